The lowest BCUT2D eigenvalue weighted by atomic mass is 9.97. The summed E-state index contributed by atoms with van der Waals surface area (Å²) in [6, 6.07) is 14.0. The Kier molecular flexibility index (Phi) is 4.89. The van der Waals surface area contributed by atoms with Crippen molar-refractivity contribution in [3.8, 4) is 0 Å². The van der Waals surface area contributed by atoms with E-state index in [9.17, 15) is 13.2 Å². The zero-order valence-corrected chi connectivity index (χ0v) is 14.3. The largest absolute Gasteiger partial charge is 0.363 e. The van der Waals surface area contributed by atoms with Gasteiger partial charge in [-0.2, -0.15) is 0 Å². The smallest absolute Gasteiger partial charge is 0.267 e. The molecule has 3 rings (SSSR count). The first-order valence-corrected chi connectivity index (χ1v) is 9.46. The molecule has 126 valence electrons. The Labute approximate surface area is 145 Å². The summed E-state index contributed by atoms with van der Waals surface area (Å²) in [7, 11) is -3.87. The molecule has 1 heterocycles. The predicted octanol–water partition coefficient (Wildman–Crippen LogP) is 2.60. The molecule has 1 aliphatic heterocycles. The van der Waals surface area contributed by atoms with Gasteiger partial charge in [-0.3, -0.25) is 9.52 Å². The molecule has 1 N–H and O–H groups in total. The van der Waals surface area contributed by atoms with Crippen LogP contribution in [0, 0.1) is 0 Å². The highest BCUT2D eigenvalue weighted by Gasteiger charge is 2.30. The maximum atomic E-state index is 12.4. The summed E-state index contributed by atoms with van der Waals surface area (Å²) in [6.07, 6.45) is -0.220. The Morgan fingerprint density at radius 3 is 2.67 bits per heavy atom. The van der Waals surface area contributed by atoms with E-state index in [0.717, 1.165) is 5.56 Å². The Bertz CT molecular complexity index is 866. The van der Waals surface area contributed by atoms with E-state index < -0.39 is 22.0 Å². The van der Waals surface area contributed by atoms with E-state index in [0.29, 0.717) is 29.2 Å². The number of fused-ring (bicyclic) bond motifs is 1. The van der Waals surface area contributed by atoms with Crippen molar-refractivity contribution in [2.24, 2.45) is 0 Å². The first-order valence-electron chi connectivity index (χ1n) is 7.43. The predicted molar refractivity (Wildman–Crippen MR) is 91.1 cm³/mol. The van der Waals surface area contributed by atoms with Crippen molar-refractivity contribution < 1.29 is 17.9 Å². The van der Waals surface area contributed by atoms with Gasteiger partial charge in [0.15, 0.2) is 6.10 Å². The van der Waals surface area contributed by atoms with Crippen LogP contribution in [0.4, 0.5) is 0 Å². The van der Waals surface area contributed by atoms with Gasteiger partial charge in [-0.05, 0) is 29.2 Å². The van der Waals surface area contributed by atoms with Crippen LogP contribution in [0.3, 0.4) is 0 Å². The second kappa shape index (κ2) is 6.93. The minimum atomic E-state index is -3.87. The topological polar surface area (TPSA) is 72.5 Å². The molecule has 1 amide bonds. The zero-order valence-electron chi connectivity index (χ0n) is 12.7. The summed E-state index contributed by atoms with van der Waals surface area (Å²) in [6.45, 7) is 0.375. The molecule has 1 atom stereocenters. The van der Waals surface area contributed by atoms with Gasteiger partial charge in [0.05, 0.1) is 12.4 Å². The summed E-state index contributed by atoms with van der Waals surface area (Å²) in [5, 5.41) is 0.342. The minimum absolute atomic E-state index is 0.342. The third kappa shape index (κ3) is 3.77. The number of halogens is 1. The number of hydrogen-bond acceptors (Lipinski definition) is 4. The second-order valence-electron chi connectivity index (χ2n) is 5.52. The number of ether oxygens (including phenoxy) is 1. The number of rotatable bonds is 4. The fraction of sp³-hybridized carbons (Fsp3) is 0.235. The molecule has 24 heavy (non-hydrogen) atoms. The van der Waals surface area contributed by atoms with Crippen LogP contribution in [-0.4, -0.2) is 20.9 Å². The number of benzene rings is 2. The van der Waals surface area contributed by atoms with Crippen molar-refractivity contribution in [2.45, 2.75) is 18.3 Å². The van der Waals surface area contributed by atoms with Crippen LogP contribution in [-0.2, 0) is 31.7 Å². The molecular weight excluding hydrogens is 350 g/mol. The van der Waals surface area contributed by atoms with Gasteiger partial charge in [0.2, 0.25) is 10.0 Å². The molecule has 0 aliphatic carbocycles. The molecule has 7 heteroatoms. The first-order chi connectivity index (χ1) is 11.5. The lowest BCUT2D eigenvalue weighted by Crippen LogP contribution is -2.38. The highest BCUT2D eigenvalue weighted by Crippen LogP contribution is 2.27. The first kappa shape index (κ1) is 17.0. The number of sulfonamides is 1. The Hall–Kier alpha value is -1.89. The molecule has 0 unspecified atom stereocenters. The van der Waals surface area contributed by atoms with Gasteiger partial charge in [-0.1, -0.05) is 54.1 Å². The third-order valence-corrected chi connectivity index (χ3v) is 5.36. The summed E-state index contributed by atoms with van der Waals surface area (Å²) in [4.78, 5) is 12.4. The van der Waals surface area contributed by atoms with Gasteiger partial charge in [0, 0.05) is 5.02 Å². The highest BCUT2D eigenvalue weighted by molar-refractivity contribution is 7.89. The molecule has 0 spiro atoms. The maximum Gasteiger partial charge on any atom is 0.267 e. The molecule has 5 nitrogen and oxygen atoms in total. The maximum absolute atomic E-state index is 12.4. The molecule has 0 saturated heterocycles. The van der Waals surface area contributed by atoms with Crippen LogP contribution in [0.25, 0.3) is 0 Å². The molecule has 0 bridgehead atoms. The van der Waals surface area contributed by atoms with Crippen molar-refractivity contribution in [1.82, 2.24) is 4.72 Å². The minimum Gasteiger partial charge on any atom is -0.363 e. The van der Waals surface area contributed by atoms with E-state index >= 15 is 0 Å². The standard InChI is InChI=1S/C17H16ClNO4S/c18-15-8-4-2-6-13(15)11-24(21,22)19-17(20)16-14-7-3-1-5-12(14)9-10-23-16/h1-8,16H,9-11H2,(H,19,20)/t16-/m1/s1. The highest BCUT2D eigenvalue weighted by atomic mass is 35.5. The Morgan fingerprint density at radius 1 is 1.17 bits per heavy atom. The van der Waals surface area contributed by atoms with Crippen molar-refractivity contribution in [2.75, 3.05) is 6.61 Å². The van der Waals surface area contributed by atoms with E-state index in [1.807, 2.05) is 12.1 Å². The second-order valence-corrected chi connectivity index (χ2v) is 7.65. The number of amides is 1. The molecule has 0 aromatic heterocycles. The van der Waals surface area contributed by atoms with E-state index in [2.05, 4.69) is 4.72 Å². The molecule has 0 saturated carbocycles. The normalized spacial score (nSPS) is 17.1. The number of carbonyl (C=O) groups is 1. The number of nitrogens with one attached hydrogen (secondary N) is 1. The molecule has 1 aliphatic rings. The van der Waals surface area contributed by atoms with E-state index in [1.54, 1.807) is 36.4 Å². The van der Waals surface area contributed by atoms with Crippen molar-refractivity contribution in [3.63, 3.8) is 0 Å². The molecule has 0 radical (unpaired) electrons. The summed E-state index contributed by atoms with van der Waals surface area (Å²) < 4.78 is 32.1. The van der Waals surface area contributed by atoms with Gasteiger partial charge in [-0.25, -0.2) is 8.42 Å². The Morgan fingerprint density at radius 2 is 1.88 bits per heavy atom. The summed E-state index contributed by atoms with van der Waals surface area (Å²) in [5.41, 5.74) is 2.13. The number of carbonyl (C=O) groups excluding carboxylic acids is 1. The fourth-order valence-corrected chi connectivity index (χ4v) is 4.10. The molecule has 2 aromatic carbocycles. The van der Waals surface area contributed by atoms with E-state index in [1.165, 1.54) is 0 Å². The van der Waals surface area contributed by atoms with Crippen LogP contribution < -0.4 is 4.72 Å². The van der Waals surface area contributed by atoms with Crippen LogP contribution in [0.5, 0.6) is 0 Å². The van der Waals surface area contributed by atoms with E-state index in [-0.39, 0.29) is 5.75 Å². The van der Waals surface area contributed by atoms with Gasteiger partial charge < -0.3 is 4.74 Å². The van der Waals surface area contributed by atoms with Crippen molar-refractivity contribution in [1.29, 1.82) is 0 Å². The summed E-state index contributed by atoms with van der Waals surface area (Å²) in [5.74, 6) is -1.05. The zero-order chi connectivity index (χ0) is 17.2. The Balaban J connectivity index is 1.76. The van der Waals surface area contributed by atoms with Crippen LogP contribution in [0.15, 0.2) is 48.5 Å². The molecular formula is C17H16ClNO4S. The lowest BCUT2D eigenvalue weighted by molar-refractivity contribution is -0.132. The third-order valence-electron chi connectivity index (χ3n) is 3.79. The quantitative estimate of drug-likeness (QED) is 0.903. The number of hydrogen-bond donors (Lipinski definition) is 1. The molecule has 0 fully saturated rings. The van der Waals surface area contributed by atoms with E-state index in [4.69, 9.17) is 16.3 Å². The monoisotopic (exact) mass is 365 g/mol. The molecule has 2 aromatic rings. The SMILES string of the molecule is O=C(NS(=O)(=O)Cc1ccccc1Cl)[C@@H]1OCCc2ccccc21. The average Bonchev–Trinajstić information content (AvgIpc) is 2.56. The van der Waals surface area contributed by atoms with Gasteiger partial charge in [-0.15, -0.1) is 0 Å². The lowest BCUT2D eigenvalue weighted by Gasteiger charge is -2.25. The van der Waals surface area contributed by atoms with Crippen molar-refractivity contribution in [3.05, 3.63) is 70.2 Å². The van der Waals surface area contributed by atoms with Crippen molar-refractivity contribution >= 4 is 27.5 Å². The van der Waals surface area contributed by atoms with Crippen LogP contribution >= 0.6 is 11.6 Å². The fourth-order valence-electron chi connectivity index (χ4n) is 2.67. The van der Waals surface area contributed by atoms with Gasteiger partial charge in [0.25, 0.3) is 5.91 Å². The average molecular weight is 366 g/mol. The summed E-state index contributed by atoms with van der Waals surface area (Å²) >= 11 is 5.98. The van der Waals surface area contributed by atoms with Crippen LogP contribution in [0.1, 0.15) is 22.8 Å². The van der Waals surface area contributed by atoms with Gasteiger partial charge >= 0.3 is 0 Å². The van der Waals surface area contributed by atoms with Gasteiger partial charge in [0.1, 0.15) is 0 Å². The van der Waals surface area contributed by atoms with Crippen LogP contribution in [0.2, 0.25) is 5.02 Å².